The first-order valence-electron chi connectivity index (χ1n) is 7.92. The van der Waals surface area contributed by atoms with Crippen LogP contribution in [0.4, 0.5) is 5.69 Å². The van der Waals surface area contributed by atoms with Crippen LogP contribution >= 0.6 is 23.8 Å². The van der Waals surface area contributed by atoms with Crippen molar-refractivity contribution in [3.63, 3.8) is 0 Å². The van der Waals surface area contributed by atoms with Gasteiger partial charge in [0, 0.05) is 23.1 Å². The number of nitrogens with zero attached hydrogens (tertiary/aromatic N) is 1. The monoisotopic (exact) mass is 367 g/mol. The average Bonchev–Trinajstić information content (AvgIpc) is 2.64. The van der Waals surface area contributed by atoms with Crippen LogP contribution in [0.5, 0.6) is 0 Å². The fourth-order valence-corrected chi connectivity index (χ4v) is 2.95. The third-order valence-electron chi connectivity index (χ3n) is 3.88. The molecule has 0 amide bonds. The van der Waals surface area contributed by atoms with Crippen molar-refractivity contribution in [2.24, 2.45) is 0 Å². The Bertz CT molecular complexity index is 814. The minimum Gasteiger partial charge on any atom is -0.352 e. The summed E-state index contributed by atoms with van der Waals surface area (Å²) in [6.45, 7) is 1.97. The van der Waals surface area contributed by atoms with E-state index in [9.17, 15) is 0 Å². The minimum atomic E-state index is -0.0647. The number of hydrogen-bond donors (Lipinski definition) is 2. The lowest BCUT2D eigenvalue weighted by molar-refractivity contribution is 0.767. The van der Waals surface area contributed by atoms with E-state index in [4.69, 9.17) is 23.8 Å². The molecule has 3 aromatic rings. The molecule has 1 aromatic heterocycles. The molecule has 3 nitrogen and oxygen atoms in total. The SMILES string of the molecule is Cc1ccc(NC(=S)N[C@H](c2ccccc2)c2ccncc2)cc1Cl. The van der Waals surface area contributed by atoms with Crippen LogP contribution < -0.4 is 10.6 Å². The second kappa shape index (κ2) is 8.10. The summed E-state index contributed by atoms with van der Waals surface area (Å²) in [7, 11) is 0. The normalized spacial score (nSPS) is 11.6. The second-order valence-corrected chi connectivity index (χ2v) is 6.50. The Balaban J connectivity index is 1.80. The summed E-state index contributed by atoms with van der Waals surface area (Å²) in [4.78, 5) is 4.10. The van der Waals surface area contributed by atoms with Crippen molar-refractivity contribution < 1.29 is 0 Å². The number of aromatic nitrogens is 1. The molecule has 0 aliphatic rings. The number of nitrogens with one attached hydrogen (secondary N) is 2. The number of anilines is 1. The zero-order chi connectivity index (χ0) is 17.6. The van der Waals surface area contributed by atoms with Gasteiger partial charge < -0.3 is 10.6 Å². The summed E-state index contributed by atoms with van der Waals surface area (Å²) in [5.74, 6) is 0. The molecule has 0 aliphatic heterocycles. The van der Waals surface area contributed by atoms with Crippen LogP contribution in [0.15, 0.2) is 73.1 Å². The standard InChI is InChI=1S/C20H18ClN3S/c1-14-7-8-17(13-18(14)21)23-20(25)24-19(15-5-3-2-4-6-15)16-9-11-22-12-10-16/h2-13,19H,1H3,(H2,23,24,25)/t19-/m1/s1. The van der Waals surface area contributed by atoms with Crippen LogP contribution in [0.2, 0.25) is 5.02 Å². The molecule has 0 saturated carbocycles. The zero-order valence-corrected chi connectivity index (χ0v) is 15.3. The summed E-state index contributed by atoms with van der Waals surface area (Å²) >= 11 is 11.7. The second-order valence-electron chi connectivity index (χ2n) is 5.69. The number of hydrogen-bond acceptors (Lipinski definition) is 2. The Morgan fingerprint density at radius 1 is 1.00 bits per heavy atom. The summed E-state index contributed by atoms with van der Waals surface area (Å²) in [5, 5.41) is 7.82. The number of rotatable bonds is 4. The van der Waals surface area contributed by atoms with Crippen LogP contribution in [-0.4, -0.2) is 10.1 Å². The molecular formula is C20H18ClN3S. The van der Waals surface area contributed by atoms with Crippen LogP contribution in [0.25, 0.3) is 0 Å². The Kier molecular flexibility index (Phi) is 5.64. The Morgan fingerprint density at radius 2 is 1.68 bits per heavy atom. The van der Waals surface area contributed by atoms with Crippen molar-refractivity contribution >= 4 is 34.6 Å². The van der Waals surface area contributed by atoms with Gasteiger partial charge in [0.2, 0.25) is 0 Å². The lowest BCUT2D eigenvalue weighted by Gasteiger charge is -2.22. The van der Waals surface area contributed by atoms with Crippen LogP contribution in [-0.2, 0) is 0 Å². The van der Waals surface area contributed by atoms with E-state index in [1.807, 2.05) is 55.5 Å². The van der Waals surface area contributed by atoms with Gasteiger partial charge in [-0.05, 0) is 60.1 Å². The van der Waals surface area contributed by atoms with Crippen molar-refractivity contribution in [1.29, 1.82) is 0 Å². The molecule has 2 aromatic carbocycles. The number of benzene rings is 2. The predicted octanol–water partition coefficient (Wildman–Crippen LogP) is 5.12. The van der Waals surface area contributed by atoms with Gasteiger partial charge in [0.05, 0.1) is 6.04 Å². The van der Waals surface area contributed by atoms with Crippen molar-refractivity contribution in [2.75, 3.05) is 5.32 Å². The molecule has 0 aliphatic carbocycles. The van der Waals surface area contributed by atoms with E-state index < -0.39 is 0 Å². The quantitative estimate of drug-likeness (QED) is 0.627. The topological polar surface area (TPSA) is 37.0 Å². The smallest absolute Gasteiger partial charge is 0.171 e. The first-order chi connectivity index (χ1) is 12.1. The number of pyridine rings is 1. The van der Waals surface area contributed by atoms with Crippen LogP contribution in [0.1, 0.15) is 22.7 Å². The molecule has 0 spiro atoms. The molecule has 126 valence electrons. The van der Waals surface area contributed by atoms with Crippen molar-refractivity contribution in [2.45, 2.75) is 13.0 Å². The fourth-order valence-electron chi connectivity index (χ4n) is 2.53. The van der Waals surface area contributed by atoms with E-state index in [2.05, 4.69) is 27.8 Å². The summed E-state index contributed by atoms with van der Waals surface area (Å²) < 4.78 is 0. The minimum absolute atomic E-state index is 0.0647. The maximum absolute atomic E-state index is 6.18. The molecule has 0 bridgehead atoms. The fraction of sp³-hybridized carbons (Fsp3) is 0.100. The van der Waals surface area contributed by atoms with Crippen molar-refractivity contribution in [1.82, 2.24) is 10.3 Å². The van der Waals surface area contributed by atoms with E-state index in [1.165, 1.54) is 0 Å². The maximum Gasteiger partial charge on any atom is 0.171 e. The first-order valence-corrected chi connectivity index (χ1v) is 8.70. The molecular weight excluding hydrogens is 350 g/mol. The van der Waals surface area contributed by atoms with Crippen LogP contribution in [0, 0.1) is 6.92 Å². The molecule has 2 N–H and O–H groups in total. The summed E-state index contributed by atoms with van der Waals surface area (Å²) in [6, 6.07) is 19.9. The van der Waals surface area contributed by atoms with Gasteiger partial charge in [0.1, 0.15) is 0 Å². The highest BCUT2D eigenvalue weighted by molar-refractivity contribution is 7.80. The van der Waals surface area contributed by atoms with E-state index in [0.717, 1.165) is 22.4 Å². The lowest BCUT2D eigenvalue weighted by atomic mass is 10.00. The highest BCUT2D eigenvalue weighted by Gasteiger charge is 2.15. The van der Waals surface area contributed by atoms with E-state index in [0.29, 0.717) is 10.1 Å². The molecule has 25 heavy (non-hydrogen) atoms. The van der Waals surface area contributed by atoms with E-state index in [-0.39, 0.29) is 6.04 Å². The highest BCUT2D eigenvalue weighted by atomic mass is 35.5. The third-order valence-corrected chi connectivity index (χ3v) is 4.50. The van der Waals surface area contributed by atoms with Crippen molar-refractivity contribution in [3.05, 3.63) is 94.8 Å². The molecule has 0 radical (unpaired) electrons. The molecule has 1 atom stereocenters. The largest absolute Gasteiger partial charge is 0.352 e. The van der Waals surface area contributed by atoms with E-state index in [1.54, 1.807) is 12.4 Å². The highest BCUT2D eigenvalue weighted by Crippen LogP contribution is 2.23. The molecule has 0 fully saturated rings. The van der Waals surface area contributed by atoms with Crippen molar-refractivity contribution in [3.8, 4) is 0 Å². The zero-order valence-electron chi connectivity index (χ0n) is 13.7. The maximum atomic E-state index is 6.18. The van der Waals surface area contributed by atoms with Crippen LogP contribution in [0.3, 0.4) is 0 Å². The lowest BCUT2D eigenvalue weighted by Crippen LogP contribution is -2.33. The van der Waals surface area contributed by atoms with Gasteiger partial charge in [-0.15, -0.1) is 0 Å². The molecule has 0 saturated heterocycles. The van der Waals surface area contributed by atoms with E-state index >= 15 is 0 Å². The van der Waals surface area contributed by atoms with Gasteiger partial charge in [-0.2, -0.15) is 0 Å². The average molecular weight is 368 g/mol. The van der Waals surface area contributed by atoms with Gasteiger partial charge in [-0.1, -0.05) is 48.0 Å². The van der Waals surface area contributed by atoms with Gasteiger partial charge in [-0.25, -0.2) is 0 Å². The Morgan fingerprint density at radius 3 is 2.36 bits per heavy atom. The molecule has 1 heterocycles. The molecule has 0 unspecified atom stereocenters. The predicted molar refractivity (Wildman–Crippen MR) is 108 cm³/mol. The van der Waals surface area contributed by atoms with Gasteiger partial charge in [0.25, 0.3) is 0 Å². The number of aryl methyl sites for hydroxylation is 1. The number of thiocarbonyl (C=S) groups is 1. The third kappa shape index (κ3) is 4.56. The van der Waals surface area contributed by atoms with Gasteiger partial charge in [-0.3, -0.25) is 4.98 Å². The summed E-state index contributed by atoms with van der Waals surface area (Å²) in [5.41, 5.74) is 4.10. The molecule has 5 heteroatoms. The first kappa shape index (κ1) is 17.4. The number of halogens is 1. The van der Waals surface area contributed by atoms with Gasteiger partial charge >= 0.3 is 0 Å². The van der Waals surface area contributed by atoms with Gasteiger partial charge in [0.15, 0.2) is 5.11 Å². The Labute approximate surface area is 158 Å². The Hall–Kier alpha value is -2.43. The molecule has 3 rings (SSSR count). The summed E-state index contributed by atoms with van der Waals surface area (Å²) in [6.07, 6.45) is 3.56.